The summed E-state index contributed by atoms with van der Waals surface area (Å²) in [6.45, 7) is 3.94. The molecule has 0 amide bonds. The fourth-order valence-corrected chi connectivity index (χ4v) is 3.20. The predicted octanol–water partition coefficient (Wildman–Crippen LogP) is 4.80. The van der Waals surface area contributed by atoms with Crippen LogP contribution in [0.15, 0.2) is 24.3 Å². The van der Waals surface area contributed by atoms with Gasteiger partial charge < -0.3 is 5.32 Å². The van der Waals surface area contributed by atoms with E-state index in [1.165, 1.54) is 15.8 Å². The molecule has 1 atom stereocenters. The van der Waals surface area contributed by atoms with Crippen LogP contribution in [-0.4, -0.2) is 11.0 Å². The first-order valence-corrected chi connectivity index (χ1v) is 7.51. The molecule has 0 radical (unpaired) electrons. The van der Waals surface area contributed by atoms with Crippen molar-refractivity contribution in [3.63, 3.8) is 0 Å². The highest BCUT2D eigenvalue weighted by atomic mass is 35.5. The van der Waals surface area contributed by atoms with Crippen molar-refractivity contribution in [2.45, 2.75) is 26.3 Å². The van der Waals surface area contributed by atoms with E-state index >= 15 is 0 Å². The Morgan fingerprint density at radius 1 is 1.48 bits per heavy atom. The lowest BCUT2D eigenvalue weighted by Crippen LogP contribution is -2.18. The summed E-state index contributed by atoms with van der Waals surface area (Å²) in [5.74, 6) is -0.796. The van der Waals surface area contributed by atoms with Gasteiger partial charge in [0.05, 0.1) is 16.0 Å². The number of hydrogen-bond donors (Lipinski definition) is 1. The summed E-state index contributed by atoms with van der Waals surface area (Å²) in [7, 11) is 0. The van der Waals surface area contributed by atoms with Gasteiger partial charge in [0.25, 0.3) is 5.69 Å². The number of nitrogens with zero attached hydrogens (tertiary/aromatic N) is 1. The van der Waals surface area contributed by atoms with E-state index < -0.39 is 10.7 Å². The molecule has 0 spiro atoms. The number of thiophene rings is 1. The van der Waals surface area contributed by atoms with E-state index in [9.17, 15) is 14.5 Å². The average molecular weight is 329 g/mol. The number of nitro groups is 1. The van der Waals surface area contributed by atoms with Gasteiger partial charge in [0, 0.05) is 22.2 Å². The van der Waals surface area contributed by atoms with Gasteiger partial charge in [-0.25, -0.2) is 4.39 Å². The van der Waals surface area contributed by atoms with Crippen molar-refractivity contribution in [1.82, 2.24) is 0 Å². The molecule has 4 nitrogen and oxygen atoms in total. The molecule has 2 aromatic rings. The molecule has 1 aromatic heterocycles. The molecule has 112 valence electrons. The monoisotopic (exact) mass is 328 g/mol. The molecular weight excluding hydrogens is 315 g/mol. The Morgan fingerprint density at radius 3 is 2.76 bits per heavy atom. The summed E-state index contributed by atoms with van der Waals surface area (Å²) in [5.41, 5.74) is -0.0849. The second kappa shape index (κ2) is 6.41. The minimum Gasteiger partial charge on any atom is -0.377 e. The van der Waals surface area contributed by atoms with Gasteiger partial charge in [-0.15, -0.1) is 11.3 Å². The Labute approximate surface area is 130 Å². The van der Waals surface area contributed by atoms with Crippen molar-refractivity contribution in [2.24, 2.45) is 0 Å². The Morgan fingerprint density at radius 2 is 2.19 bits per heavy atom. The molecule has 0 bridgehead atoms. The molecule has 2 rings (SSSR count). The zero-order valence-electron chi connectivity index (χ0n) is 11.5. The number of anilines is 1. The highest BCUT2D eigenvalue weighted by molar-refractivity contribution is 7.11. The topological polar surface area (TPSA) is 55.2 Å². The van der Waals surface area contributed by atoms with E-state index in [2.05, 4.69) is 5.32 Å². The summed E-state index contributed by atoms with van der Waals surface area (Å²) in [6.07, 6.45) is 0.727. The zero-order valence-corrected chi connectivity index (χ0v) is 13.1. The molecule has 1 N–H and O–H groups in total. The predicted molar refractivity (Wildman–Crippen MR) is 83.9 cm³/mol. The number of rotatable bonds is 5. The molecule has 0 fully saturated rings. The number of aryl methyl sites for hydroxylation is 1. The van der Waals surface area contributed by atoms with Crippen molar-refractivity contribution >= 4 is 34.3 Å². The standard InChI is InChI=1S/C14H14ClFN2O2S/c1-8(5-10-4-3-9(2)21-10)17-13-6-11(15)12(16)7-14(13)18(19)20/h3-4,6-8,17H,5H2,1-2H3. The molecule has 0 aliphatic carbocycles. The lowest BCUT2D eigenvalue weighted by atomic mass is 10.2. The van der Waals surface area contributed by atoms with Crippen molar-refractivity contribution < 1.29 is 9.31 Å². The van der Waals surface area contributed by atoms with Crippen molar-refractivity contribution in [3.05, 3.63) is 55.0 Å². The molecule has 21 heavy (non-hydrogen) atoms. The van der Waals surface area contributed by atoms with Crippen LogP contribution in [0.1, 0.15) is 16.7 Å². The molecule has 0 aliphatic rings. The zero-order chi connectivity index (χ0) is 15.6. The number of hydrogen-bond acceptors (Lipinski definition) is 4. The summed E-state index contributed by atoms with van der Waals surface area (Å²) < 4.78 is 13.3. The Balaban J connectivity index is 2.18. The Hall–Kier alpha value is -1.66. The van der Waals surface area contributed by atoms with E-state index in [-0.39, 0.29) is 22.4 Å². The Kier molecular flexibility index (Phi) is 4.80. The van der Waals surface area contributed by atoms with E-state index in [4.69, 9.17) is 11.6 Å². The van der Waals surface area contributed by atoms with Crippen LogP contribution in [0.3, 0.4) is 0 Å². The molecule has 7 heteroatoms. The van der Waals surface area contributed by atoms with Gasteiger partial charge in [-0.3, -0.25) is 10.1 Å². The van der Waals surface area contributed by atoms with Crippen molar-refractivity contribution in [1.29, 1.82) is 0 Å². The fourth-order valence-electron chi connectivity index (χ4n) is 2.02. The highest BCUT2D eigenvalue weighted by Gasteiger charge is 2.19. The third-order valence-electron chi connectivity index (χ3n) is 2.94. The lowest BCUT2D eigenvalue weighted by Gasteiger charge is -2.15. The van der Waals surface area contributed by atoms with E-state index in [0.29, 0.717) is 0 Å². The first kappa shape index (κ1) is 15.7. The third kappa shape index (κ3) is 3.92. The van der Waals surface area contributed by atoms with Gasteiger partial charge in [0.1, 0.15) is 11.5 Å². The average Bonchev–Trinajstić information content (AvgIpc) is 2.78. The van der Waals surface area contributed by atoms with Crippen LogP contribution in [0.25, 0.3) is 0 Å². The molecule has 1 aromatic carbocycles. The number of benzene rings is 1. The first-order chi connectivity index (χ1) is 9.86. The van der Waals surface area contributed by atoms with Gasteiger partial charge in [-0.1, -0.05) is 11.6 Å². The maximum atomic E-state index is 13.3. The van der Waals surface area contributed by atoms with Crippen molar-refractivity contribution in [2.75, 3.05) is 5.32 Å². The molecular formula is C14H14ClFN2O2S. The molecule has 0 saturated heterocycles. The second-order valence-corrected chi connectivity index (χ2v) is 6.58. The molecule has 0 saturated carbocycles. The highest BCUT2D eigenvalue weighted by Crippen LogP contribution is 2.31. The summed E-state index contributed by atoms with van der Waals surface area (Å²) >= 11 is 7.38. The maximum absolute atomic E-state index is 13.3. The third-order valence-corrected chi connectivity index (χ3v) is 4.25. The van der Waals surface area contributed by atoms with Gasteiger partial charge in [-0.05, 0) is 32.0 Å². The number of nitro benzene ring substituents is 1. The van der Waals surface area contributed by atoms with Gasteiger partial charge >= 0.3 is 0 Å². The molecule has 1 heterocycles. The van der Waals surface area contributed by atoms with Crippen LogP contribution in [0.2, 0.25) is 5.02 Å². The van der Waals surface area contributed by atoms with E-state index in [0.717, 1.165) is 12.5 Å². The SMILES string of the molecule is Cc1ccc(CC(C)Nc2cc(Cl)c(F)cc2[N+](=O)[O-])s1. The minimum atomic E-state index is -0.796. The molecule has 1 unspecified atom stereocenters. The maximum Gasteiger partial charge on any atom is 0.295 e. The van der Waals surface area contributed by atoms with Crippen LogP contribution < -0.4 is 5.32 Å². The quantitative estimate of drug-likeness (QED) is 0.633. The summed E-state index contributed by atoms with van der Waals surface area (Å²) in [6, 6.07) is 6.12. The van der Waals surface area contributed by atoms with Gasteiger partial charge in [0.15, 0.2) is 0 Å². The van der Waals surface area contributed by atoms with E-state index in [1.807, 2.05) is 26.0 Å². The molecule has 0 aliphatic heterocycles. The van der Waals surface area contributed by atoms with Gasteiger partial charge in [0.2, 0.25) is 0 Å². The van der Waals surface area contributed by atoms with Crippen LogP contribution in [0, 0.1) is 22.9 Å². The normalized spacial score (nSPS) is 12.2. The number of nitrogens with one attached hydrogen (secondary N) is 1. The van der Waals surface area contributed by atoms with Crippen LogP contribution in [-0.2, 0) is 6.42 Å². The van der Waals surface area contributed by atoms with Crippen molar-refractivity contribution in [3.8, 4) is 0 Å². The first-order valence-electron chi connectivity index (χ1n) is 6.32. The van der Waals surface area contributed by atoms with E-state index in [1.54, 1.807) is 11.3 Å². The van der Waals surface area contributed by atoms with Crippen LogP contribution in [0.4, 0.5) is 15.8 Å². The number of halogens is 2. The van der Waals surface area contributed by atoms with Crippen LogP contribution in [0.5, 0.6) is 0 Å². The summed E-state index contributed by atoms with van der Waals surface area (Å²) in [4.78, 5) is 12.8. The second-order valence-electron chi connectivity index (χ2n) is 4.80. The lowest BCUT2D eigenvalue weighted by molar-refractivity contribution is -0.384. The smallest absolute Gasteiger partial charge is 0.295 e. The minimum absolute atomic E-state index is 0.0386. The van der Waals surface area contributed by atoms with Gasteiger partial charge in [-0.2, -0.15) is 0 Å². The summed E-state index contributed by atoms with van der Waals surface area (Å²) in [5, 5.41) is 13.9. The Bertz CT molecular complexity index is 675. The van der Waals surface area contributed by atoms with Crippen LogP contribution >= 0.6 is 22.9 Å². The fraction of sp³-hybridized carbons (Fsp3) is 0.286. The largest absolute Gasteiger partial charge is 0.377 e.